The second-order valence-electron chi connectivity index (χ2n) is 4.75. The predicted molar refractivity (Wildman–Crippen MR) is 69.6 cm³/mol. The van der Waals surface area contributed by atoms with E-state index in [1.807, 2.05) is 30.1 Å². The van der Waals surface area contributed by atoms with E-state index >= 15 is 0 Å². The first-order valence-corrected chi connectivity index (χ1v) is 6.06. The van der Waals surface area contributed by atoms with Gasteiger partial charge in [0.15, 0.2) is 0 Å². The zero-order chi connectivity index (χ0) is 12.7. The molecule has 0 radical (unpaired) electrons. The third-order valence-electron chi connectivity index (χ3n) is 3.46. The standard InChI is InChI=1S/C14H15N3O/c1-10-7-11-5-3-4-6-12(11)17(10)14(18)13-8-15-9-16(13)2/h3-6,8-10H,7H2,1-2H3. The van der Waals surface area contributed by atoms with Crippen LogP contribution in [0.2, 0.25) is 0 Å². The molecule has 0 bridgehead atoms. The molecule has 1 aliphatic heterocycles. The molecule has 4 heteroatoms. The zero-order valence-electron chi connectivity index (χ0n) is 10.5. The van der Waals surface area contributed by atoms with Gasteiger partial charge in [-0.2, -0.15) is 0 Å². The molecule has 0 N–H and O–H groups in total. The quantitative estimate of drug-likeness (QED) is 0.766. The Morgan fingerprint density at radius 3 is 2.89 bits per heavy atom. The Morgan fingerprint density at radius 2 is 2.17 bits per heavy atom. The molecule has 1 unspecified atom stereocenters. The van der Waals surface area contributed by atoms with Gasteiger partial charge in [-0.15, -0.1) is 0 Å². The zero-order valence-corrected chi connectivity index (χ0v) is 10.5. The summed E-state index contributed by atoms with van der Waals surface area (Å²) in [6.45, 7) is 2.08. The molecular weight excluding hydrogens is 226 g/mol. The molecule has 0 saturated heterocycles. The second kappa shape index (κ2) is 3.98. The van der Waals surface area contributed by atoms with E-state index in [1.54, 1.807) is 17.1 Å². The number of amides is 1. The fourth-order valence-electron chi connectivity index (χ4n) is 2.56. The summed E-state index contributed by atoms with van der Waals surface area (Å²) >= 11 is 0. The van der Waals surface area contributed by atoms with Crippen LogP contribution in [0.4, 0.5) is 5.69 Å². The monoisotopic (exact) mass is 241 g/mol. The van der Waals surface area contributed by atoms with Crippen LogP contribution in [0.1, 0.15) is 23.0 Å². The van der Waals surface area contributed by atoms with Gasteiger partial charge >= 0.3 is 0 Å². The smallest absolute Gasteiger partial charge is 0.276 e. The molecule has 1 aromatic heterocycles. The third kappa shape index (κ3) is 1.53. The Morgan fingerprint density at radius 1 is 1.39 bits per heavy atom. The van der Waals surface area contributed by atoms with Gasteiger partial charge in [0.25, 0.3) is 5.91 Å². The van der Waals surface area contributed by atoms with Gasteiger partial charge in [0, 0.05) is 18.8 Å². The highest BCUT2D eigenvalue weighted by Crippen LogP contribution is 2.32. The molecule has 18 heavy (non-hydrogen) atoms. The van der Waals surface area contributed by atoms with Crippen molar-refractivity contribution in [2.75, 3.05) is 4.90 Å². The molecule has 1 aliphatic rings. The number of anilines is 1. The number of nitrogens with zero attached hydrogens (tertiary/aromatic N) is 3. The molecule has 0 fully saturated rings. The Kier molecular flexibility index (Phi) is 2.44. The normalized spacial score (nSPS) is 17.9. The highest BCUT2D eigenvalue weighted by atomic mass is 16.2. The maximum absolute atomic E-state index is 12.6. The highest BCUT2D eigenvalue weighted by Gasteiger charge is 2.32. The average Bonchev–Trinajstić information content (AvgIpc) is 2.91. The average molecular weight is 241 g/mol. The van der Waals surface area contributed by atoms with Crippen molar-refractivity contribution in [3.8, 4) is 0 Å². The number of aryl methyl sites for hydroxylation is 1. The van der Waals surface area contributed by atoms with Gasteiger partial charge in [0.05, 0.1) is 12.5 Å². The second-order valence-corrected chi connectivity index (χ2v) is 4.75. The van der Waals surface area contributed by atoms with Crippen molar-refractivity contribution < 1.29 is 4.79 Å². The summed E-state index contributed by atoms with van der Waals surface area (Å²) in [7, 11) is 1.84. The van der Waals surface area contributed by atoms with Crippen LogP contribution in [0.5, 0.6) is 0 Å². The third-order valence-corrected chi connectivity index (χ3v) is 3.46. The van der Waals surface area contributed by atoms with Crippen LogP contribution in [0.25, 0.3) is 0 Å². The van der Waals surface area contributed by atoms with Crippen molar-refractivity contribution in [2.45, 2.75) is 19.4 Å². The first-order chi connectivity index (χ1) is 8.68. The summed E-state index contributed by atoms with van der Waals surface area (Å²) in [6.07, 6.45) is 4.19. The summed E-state index contributed by atoms with van der Waals surface area (Å²) in [5, 5.41) is 0. The van der Waals surface area contributed by atoms with E-state index in [2.05, 4.69) is 18.0 Å². The van der Waals surface area contributed by atoms with E-state index in [0.717, 1.165) is 12.1 Å². The molecule has 0 saturated carbocycles. The summed E-state index contributed by atoms with van der Waals surface area (Å²) < 4.78 is 1.76. The van der Waals surface area contributed by atoms with Gasteiger partial charge in [-0.1, -0.05) is 18.2 Å². The van der Waals surface area contributed by atoms with Crippen LogP contribution < -0.4 is 4.90 Å². The topological polar surface area (TPSA) is 38.1 Å². The minimum atomic E-state index is 0.0208. The van der Waals surface area contributed by atoms with Gasteiger partial charge in [-0.05, 0) is 25.0 Å². The molecule has 4 nitrogen and oxygen atoms in total. The number of fused-ring (bicyclic) bond motifs is 1. The predicted octanol–water partition coefficient (Wildman–Crippen LogP) is 2.01. The molecule has 92 valence electrons. The molecule has 1 aromatic carbocycles. The van der Waals surface area contributed by atoms with E-state index in [9.17, 15) is 4.79 Å². The fraction of sp³-hybridized carbons (Fsp3) is 0.286. The van der Waals surface area contributed by atoms with Crippen molar-refractivity contribution in [3.63, 3.8) is 0 Å². The Labute approximate surface area is 106 Å². The van der Waals surface area contributed by atoms with Crippen LogP contribution in [0, 0.1) is 0 Å². The molecule has 2 heterocycles. The number of para-hydroxylation sites is 1. The van der Waals surface area contributed by atoms with Crippen LogP contribution in [-0.2, 0) is 13.5 Å². The number of rotatable bonds is 1. The molecule has 1 amide bonds. The maximum atomic E-state index is 12.6. The van der Waals surface area contributed by atoms with Gasteiger partial charge in [-0.3, -0.25) is 4.79 Å². The molecule has 3 rings (SSSR count). The van der Waals surface area contributed by atoms with E-state index in [0.29, 0.717) is 5.69 Å². The van der Waals surface area contributed by atoms with E-state index in [1.165, 1.54) is 5.56 Å². The van der Waals surface area contributed by atoms with E-state index in [-0.39, 0.29) is 11.9 Å². The van der Waals surface area contributed by atoms with Crippen molar-refractivity contribution in [3.05, 3.63) is 48.0 Å². The number of carbonyl (C=O) groups is 1. The number of imidazole rings is 1. The van der Waals surface area contributed by atoms with Crippen molar-refractivity contribution in [1.29, 1.82) is 0 Å². The number of aromatic nitrogens is 2. The number of benzene rings is 1. The van der Waals surface area contributed by atoms with Gasteiger partial charge < -0.3 is 9.47 Å². The SMILES string of the molecule is CC1Cc2ccccc2N1C(=O)c1cncn1C. The Balaban J connectivity index is 2.03. The van der Waals surface area contributed by atoms with Crippen LogP contribution in [-0.4, -0.2) is 21.5 Å². The van der Waals surface area contributed by atoms with Crippen LogP contribution >= 0.6 is 0 Å². The van der Waals surface area contributed by atoms with E-state index in [4.69, 9.17) is 0 Å². The molecule has 1 atom stereocenters. The lowest BCUT2D eigenvalue weighted by molar-refractivity contribution is 0.0973. The Bertz CT molecular complexity index is 603. The lowest BCUT2D eigenvalue weighted by Crippen LogP contribution is -2.36. The van der Waals surface area contributed by atoms with Crippen molar-refractivity contribution in [1.82, 2.24) is 9.55 Å². The van der Waals surface area contributed by atoms with Crippen LogP contribution in [0.15, 0.2) is 36.8 Å². The maximum Gasteiger partial charge on any atom is 0.276 e. The number of hydrogen-bond acceptors (Lipinski definition) is 2. The first kappa shape index (κ1) is 11.0. The number of carbonyl (C=O) groups excluding carboxylic acids is 1. The van der Waals surface area contributed by atoms with Gasteiger partial charge in [0.1, 0.15) is 5.69 Å². The number of hydrogen-bond donors (Lipinski definition) is 0. The summed E-state index contributed by atoms with van der Waals surface area (Å²) in [5.41, 5.74) is 2.88. The lowest BCUT2D eigenvalue weighted by atomic mass is 10.1. The summed E-state index contributed by atoms with van der Waals surface area (Å²) in [6, 6.07) is 8.28. The van der Waals surface area contributed by atoms with Gasteiger partial charge in [-0.25, -0.2) is 4.98 Å². The minimum Gasteiger partial charge on any atom is -0.330 e. The van der Waals surface area contributed by atoms with Gasteiger partial charge in [0.2, 0.25) is 0 Å². The Hall–Kier alpha value is -2.10. The lowest BCUT2D eigenvalue weighted by Gasteiger charge is -2.22. The molecule has 0 aliphatic carbocycles. The minimum absolute atomic E-state index is 0.0208. The largest absolute Gasteiger partial charge is 0.330 e. The molecule has 0 spiro atoms. The summed E-state index contributed by atoms with van der Waals surface area (Å²) in [5.74, 6) is 0.0208. The summed E-state index contributed by atoms with van der Waals surface area (Å²) in [4.78, 5) is 18.4. The fourth-order valence-corrected chi connectivity index (χ4v) is 2.56. The molecule has 2 aromatic rings. The van der Waals surface area contributed by atoms with Crippen molar-refractivity contribution >= 4 is 11.6 Å². The first-order valence-electron chi connectivity index (χ1n) is 6.06. The highest BCUT2D eigenvalue weighted by molar-refractivity contribution is 6.06. The molecular formula is C14H15N3O. The van der Waals surface area contributed by atoms with Crippen LogP contribution in [0.3, 0.4) is 0 Å². The van der Waals surface area contributed by atoms with E-state index < -0.39 is 0 Å². The van der Waals surface area contributed by atoms with Crippen molar-refractivity contribution in [2.24, 2.45) is 7.05 Å².